The van der Waals surface area contributed by atoms with Gasteiger partial charge in [0.25, 0.3) is 0 Å². The zero-order valence-electron chi connectivity index (χ0n) is 12.6. The van der Waals surface area contributed by atoms with Crippen LogP contribution in [0, 0.1) is 0 Å². The molecule has 0 aliphatic heterocycles. The lowest BCUT2D eigenvalue weighted by molar-refractivity contribution is 0.598. The smallest absolute Gasteiger partial charge is 0.238 e. The molecule has 0 bridgehead atoms. The van der Waals surface area contributed by atoms with E-state index in [9.17, 15) is 8.42 Å². The Morgan fingerprint density at radius 1 is 1.00 bits per heavy atom. The molecule has 0 fully saturated rings. The summed E-state index contributed by atoms with van der Waals surface area (Å²) in [5.74, 6) is 0.330. The molecule has 128 valence electrons. The van der Waals surface area contributed by atoms with Gasteiger partial charge in [-0.25, -0.2) is 23.5 Å². The van der Waals surface area contributed by atoms with Gasteiger partial charge in [0, 0.05) is 22.5 Å². The van der Waals surface area contributed by atoms with Crippen LogP contribution in [0.25, 0.3) is 11.3 Å². The highest BCUT2D eigenvalue weighted by Gasteiger charge is 2.09. The number of sulfonamides is 1. The molecule has 1 aromatic heterocycles. The van der Waals surface area contributed by atoms with E-state index < -0.39 is 10.0 Å². The van der Waals surface area contributed by atoms with Gasteiger partial charge in [0.05, 0.1) is 15.6 Å². The summed E-state index contributed by atoms with van der Waals surface area (Å²) in [6.45, 7) is 0. The van der Waals surface area contributed by atoms with Crippen LogP contribution in [0.4, 0.5) is 11.6 Å². The summed E-state index contributed by atoms with van der Waals surface area (Å²) in [5, 5.41) is 9.13. The summed E-state index contributed by atoms with van der Waals surface area (Å²) in [5.41, 5.74) is 1.90. The molecule has 3 aromatic rings. The van der Waals surface area contributed by atoms with Gasteiger partial charge in [0.1, 0.15) is 0 Å². The number of benzene rings is 2. The summed E-state index contributed by atoms with van der Waals surface area (Å²) in [7, 11) is -3.73. The van der Waals surface area contributed by atoms with Crippen molar-refractivity contribution in [3.8, 4) is 11.3 Å². The van der Waals surface area contributed by atoms with Crippen LogP contribution in [0.2, 0.25) is 10.0 Å². The van der Waals surface area contributed by atoms with Crippen molar-refractivity contribution >= 4 is 44.9 Å². The normalized spacial score (nSPS) is 11.3. The second-order valence-electron chi connectivity index (χ2n) is 5.08. The number of nitrogens with zero attached hydrogens (tertiary/aromatic N) is 2. The number of aromatic nitrogens is 2. The van der Waals surface area contributed by atoms with Crippen LogP contribution in [0.15, 0.2) is 59.6 Å². The second kappa shape index (κ2) is 6.97. The number of anilines is 2. The first kappa shape index (κ1) is 17.6. The highest BCUT2D eigenvalue weighted by atomic mass is 35.5. The van der Waals surface area contributed by atoms with Gasteiger partial charge in [-0.2, -0.15) is 0 Å². The Bertz CT molecular complexity index is 1020. The van der Waals surface area contributed by atoms with Gasteiger partial charge in [-0.3, -0.25) is 0 Å². The predicted molar refractivity (Wildman–Crippen MR) is 98.6 cm³/mol. The molecule has 25 heavy (non-hydrogen) atoms. The van der Waals surface area contributed by atoms with Gasteiger partial charge in [-0.15, -0.1) is 0 Å². The van der Waals surface area contributed by atoms with E-state index in [2.05, 4.69) is 15.3 Å². The Morgan fingerprint density at radius 2 is 1.72 bits per heavy atom. The van der Waals surface area contributed by atoms with Crippen LogP contribution in [-0.4, -0.2) is 18.4 Å². The van der Waals surface area contributed by atoms with Crippen LogP contribution >= 0.6 is 23.2 Å². The number of hydrogen-bond acceptors (Lipinski definition) is 5. The van der Waals surface area contributed by atoms with E-state index in [1.54, 1.807) is 42.6 Å². The first-order valence-electron chi connectivity index (χ1n) is 7.01. The van der Waals surface area contributed by atoms with Gasteiger partial charge < -0.3 is 5.32 Å². The van der Waals surface area contributed by atoms with E-state index in [1.807, 2.05) is 0 Å². The van der Waals surface area contributed by atoms with Crippen molar-refractivity contribution in [3.63, 3.8) is 0 Å². The summed E-state index contributed by atoms with van der Waals surface area (Å²) >= 11 is 12.2. The van der Waals surface area contributed by atoms with E-state index in [1.165, 1.54) is 12.1 Å². The molecule has 0 saturated heterocycles. The molecule has 2 aromatic carbocycles. The predicted octanol–water partition coefficient (Wildman–Crippen LogP) is 3.84. The van der Waals surface area contributed by atoms with E-state index in [4.69, 9.17) is 28.3 Å². The van der Waals surface area contributed by atoms with Crippen LogP contribution in [0.3, 0.4) is 0 Å². The minimum absolute atomic E-state index is 0.0263. The molecule has 0 aliphatic rings. The van der Waals surface area contributed by atoms with Crippen molar-refractivity contribution in [1.29, 1.82) is 0 Å². The number of halogens is 2. The number of nitrogens with two attached hydrogens (primary N) is 1. The van der Waals surface area contributed by atoms with Gasteiger partial charge in [0.2, 0.25) is 16.0 Å². The van der Waals surface area contributed by atoms with Crippen molar-refractivity contribution < 1.29 is 8.42 Å². The fourth-order valence-corrected chi connectivity index (χ4v) is 3.02. The Labute approximate surface area is 154 Å². The van der Waals surface area contributed by atoms with E-state index in [0.717, 1.165) is 0 Å². The number of rotatable bonds is 4. The maximum atomic E-state index is 11.3. The number of hydrogen-bond donors (Lipinski definition) is 2. The van der Waals surface area contributed by atoms with Gasteiger partial charge in [-0.05, 0) is 48.5 Å². The Morgan fingerprint density at radius 3 is 2.40 bits per heavy atom. The molecular formula is C16H12Cl2N4O2S. The number of primary sulfonamides is 1. The molecule has 9 heteroatoms. The fraction of sp³-hybridized carbons (Fsp3) is 0. The quantitative estimate of drug-likeness (QED) is 0.700. The summed E-state index contributed by atoms with van der Waals surface area (Å²) in [4.78, 5) is 8.57. The maximum absolute atomic E-state index is 11.3. The Kier molecular flexibility index (Phi) is 4.91. The van der Waals surface area contributed by atoms with Gasteiger partial charge >= 0.3 is 0 Å². The largest absolute Gasteiger partial charge is 0.324 e. The number of nitrogens with one attached hydrogen (secondary N) is 1. The fourth-order valence-electron chi connectivity index (χ4n) is 2.12. The SMILES string of the molecule is NS(=O)(=O)c1ccc(Nc2nccc(-c3cc(Cl)ccc3Cl)n2)cc1. The third kappa shape index (κ3) is 4.26. The summed E-state index contributed by atoms with van der Waals surface area (Å²) in [6, 6.07) is 12.8. The summed E-state index contributed by atoms with van der Waals surface area (Å²) in [6.07, 6.45) is 1.58. The molecule has 0 amide bonds. The second-order valence-corrected chi connectivity index (χ2v) is 7.49. The molecule has 3 N–H and O–H groups in total. The highest BCUT2D eigenvalue weighted by molar-refractivity contribution is 7.89. The lowest BCUT2D eigenvalue weighted by atomic mass is 10.1. The highest BCUT2D eigenvalue weighted by Crippen LogP contribution is 2.29. The first-order chi connectivity index (χ1) is 11.8. The monoisotopic (exact) mass is 394 g/mol. The molecule has 0 saturated carbocycles. The maximum Gasteiger partial charge on any atom is 0.238 e. The van der Waals surface area contributed by atoms with Crippen molar-refractivity contribution in [2.75, 3.05) is 5.32 Å². The zero-order chi connectivity index (χ0) is 18.0. The van der Waals surface area contributed by atoms with Crippen molar-refractivity contribution in [2.45, 2.75) is 4.90 Å². The molecule has 0 spiro atoms. The van der Waals surface area contributed by atoms with Crippen molar-refractivity contribution in [3.05, 3.63) is 64.8 Å². The Balaban J connectivity index is 1.88. The topological polar surface area (TPSA) is 98.0 Å². The third-order valence-corrected chi connectivity index (χ3v) is 4.79. The molecule has 0 atom stereocenters. The van der Waals surface area contributed by atoms with Crippen LogP contribution in [-0.2, 0) is 10.0 Å². The average molecular weight is 395 g/mol. The van der Waals surface area contributed by atoms with Gasteiger partial charge in [-0.1, -0.05) is 23.2 Å². The van der Waals surface area contributed by atoms with E-state index in [-0.39, 0.29) is 4.90 Å². The molecule has 0 unspecified atom stereocenters. The molecule has 1 heterocycles. The van der Waals surface area contributed by atoms with E-state index >= 15 is 0 Å². The van der Waals surface area contributed by atoms with Crippen LogP contribution in [0.5, 0.6) is 0 Å². The lowest BCUT2D eigenvalue weighted by Crippen LogP contribution is -2.11. The van der Waals surface area contributed by atoms with Crippen LogP contribution in [0.1, 0.15) is 0 Å². The third-order valence-electron chi connectivity index (χ3n) is 3.30. The summed E-state index contributed by atoms with van der Waals surface area (Å²) < 4.78 is 22.5. The molecular weight excluding hydrogens is 383 g/mol. The molecule has 0 radical (unpaired) electrons. The van der Waals surface area contributed by atoms with Crippen LogP contribution < -0.4 is 10.5 Å². The minimum atomic E-state index is -3.73. The van der Waals surface area contributed by atoms with Gasteiger partial charge in [0.15, 0.2) is 0 Å². The Hall–Kier alpha value is -2.19. The lowest BCUT2D eigenvalue weighted by Gasteiger charge is -2.08. The minimum Gasteiger partial charge on any atom is -0.324 e. The molecule has 3 rings (SSSR count). The molecule has 0 aliphatic carbocycles. The first-order valence-corrected chi connectivity index (χ1v) is 9.31. The standard InChI is InChI=1S/C16H12Cl2N4O2S/c17-10-1-6-14(18)13(9-10)15-7-8-20-16(22-15)21-11-2-4-12(5-3-11)25(19,23)24/h1-9H,(H2,19,23,24)(H,20,21,22). The average Bonchev–Trinajstić information content (AvgIpc) is 2.57. The molecule has 6 nitrogen and oxygen atoms in total. The van der Waals surface area contributed by atoms with Crippen molar-refractivity contribution in [2.24, 2.45) is 5.14 Å². The zero-order valence-corrected chi connectivity index (χ0v) is 15.0. The van der Waals surface area contributed by atoms with E-state index in [0.29, 0.717) is 32.9 Å². The van der Waals surface area contributed by atoms with Crippen molar-refractivity contribution in [1.82, 2.24) is 9.97 Å².